The second kappa shape index (κ2) is 13.1. The average molecular weight is 659 g/mol. The summed E-state index contributed by atoms with van der Waals surface area (Å²) in [5.41, 5.74) is 11.6. The average Bonchev–Trinajstić information content (AvgIpc) is 3.13. The van der Waals surface area contributed by atoms with Crippen LogP contribution in [-0.2, 0) is 21.7 Å². The summed E-state index contributed by atoms with van der Waals surface area (Å²) in [5.74, 6) is 0. The molecule has 4 aromatic heterocycles. The maximum Gasteiger partial charge on any atom is 0.105 e. The number of hydrogen-bond donors (Lipinski definition) is 0. The molecule has 0 spiro atoms. The predicted molar refractivity (Wildman–Crippen MR) is 208 cm³/mol. The van der Waals surface area contributed by atoms with Gasteiger partial charge in [-0.25, -0.2) is 0 Å². The maximum absolute atomic E-state index is 5.50. The van der Waals surface area contributed by atoms with Crippen molar-refractivity contribution in [2.24, 2.45) is 0 Å². The normalized spacial score (nSPS) is 14.5. The van der Waals surface area contributed by atoms with Gasteiger partial charge in [0.15, 0.2) is 0 Å². The van der Waals surface area contributed by atoms with Gasteiger partial charge < -0.3 is 0 Å². The Morgan fingerprint density at radius 1 is 0.440 bits per heavy atom. The Morgan fingerprint density at radius 2 is 0.820 bits per heavy atom. The monoisotopic (exact) mass is 658 g/mol. The van der Waals surface area contributed by atoms with Gasteiger partial charge in [0.1, 0.15) is 5.41 Å². The third kappa shape index (κ3) is 5.95. The molecule has 0 unspecified atom stereocenters. The van der Waals surface area contributed by atoms with E-state index in [1.165, 1.54) is 22.3 Å². The third-order valence-corrected chi connectivity index (χ3v) is 9.93. The van der Waals surface area contributed by atoms with Crippen molar-refractivity contribution >= 4 is 0 Å². The Morgan fingerprint density at radius 3 is 1.16 bits per heavy atom. The zero-order valence-electron chi connectivity index (χ0n) is 31.3. The molecular weight excluding hydrogens is 609 g/mol. The third-order valence-electron chi connectivity index (χ3n) is 9.93. The van der Waals surface area contributed by atoms with Crippen LogP contribution in [0, 0.1) is 0 Å². The molecule has 4 heterocycles. The van der Waals surface area contributed by atoms with Crippen LogP contribution in [0.25, 0.3) is 22.5 Å². The van der Waals surface area contributed by atoms with E-state index in [0.717, 1.165) is 45.3 Å². The van der Waals surface area contributed by atoms with E-state index in [9.17, 15) is 0 Å². The van der Waals surface area contributed by atoms with Crippen LogP contribution in [0.2, 0.25) is 0 Å². The molecule has 1 aliphatic rings. The molecule has 0 bridgehead atoms. The van der Waals surface area contributed by atoms with Gasteiger partial charge in [0.2, 0.25) is 0 Å². The molecule has 254 valence electrons. The van der Waals surface area contributed by atoms with Crippen LogP contribution < -0.4 is 0 Å². The van der Waals surface area contributed by atoms with E-state index in [4.69, 9.17) is 19.9 Å². The number of benzene rings is 2. The predicted octanol–water partition coefficient (Wildman–Crippen LogP) is 11.2. The molecule has 1 aliphatic carbocycles. The molecule has 0 saturated carbocycles. The summed E-state index contributed by atoms with van der Waals surface area (Å²) in [6.45, 7) is 21.8. The van der Waals surface area contributed by atoms with Gasteiger partial charge in [0, 0.05) is 51.2 Å². The quantitative estimate of drug-likeness (QED) is 0.189. The minimum absolute atomic E-state index is 0.0283. The van der Waals surface area contributed by atoms with Crippen LogP contribution in [0.5, 0.6) is 0 Å². The summed E-state index contributed by atoms with van der Waals surface area (Å²) >= 11 is 0. The second-order valence-corrected chi connectivity index (χ2v) is 15.6. The first-order valence-corrected chi connectivity index (χ1v) is 17.9. The Bertz CT molecular complexity index is 1960. The molecule has 4 nitrogen and oxygen atoms in total. The number of pyridine rings is 4. The largest absolute Gasteiger partial charge is 0.260 e. The van der Waals surface area contributed by atoms with Gasteiger partial charge in [-0.2, -0.15) is 0 Å². The fourth-order valence-corrected chi connectivity index (χ4v) is 7.27. The number of rotatable bonds is 4. The van der Waals surface area contributed by atoms with Crippen LogP contribution in [0.1, 0.15) is 114 Å². The zero-order chi connectivity index (χ0) is 35.9. The van der Waals surface area contributed by atoms with E-state index in [2.05, 4.69) is 165 Å². The van der Waals surface area contributed by atoms with E-state index in [1.807, 2.05) is 26.2 Å². The standard InChI is InChI=1S/C44H44N4.C2H6/c1-41(2,3)37-25-23-29(27-45-37)35-19-13-21-39(47-35)44(33-17-11-9-15-31(33)43(7,8)32-16-10-12-18-34(32)44)40-22-14-20-36(48-40)30-24-26-38(46-28-30)42(4,5)6;1-2/h9-28H,1-8H3;1-2H3. The molecule has 4 heteroatoms. The van der Waals surface area contributed by atoms with Crippen molar-refractivity contribution in [3.63, 3.8) is 0 Å². The highest BCUT2D eigenvalue weighted by atomic mass is 14.8. The van der Waals surface area contributed by atoms with Crippen LogP contribution >= 0.6 is 0 Å². The molecule has 0 fully saturated rings. The Labute approximate surface area is 299 Å². The molecule has 0 radical (unpaired) electrons. The van der Waals surface area contributed by atoms with Crippen molar-refractivity contribution < 1.29 is 0 Å². The first-order valence-electron chi connectivity index (χ1n) is 17.9. The number of aromatic nitrogens is 4. The molecule has 0 amide bonds. The molecule has 7 rings (SSSR count). The Kier molecular flexibility index (Phi) is 9.11. The van der Waals surface area contributed by atoms with E-state index < -0.39 is 5.41 Å². The Hall–Kier alpha value is -4.96. The van der Waals surface area contributed by atoms with Gasteiger partial charge in [-0.3, -0.25) is 19.9 Å². The second-order valence-electron chi connectivity index (χ2n) is 15.6. The maximum atomic E-state index is 5.50. The van der Waals surface area contributed by atoms with E-state index in [1.54, 1.807) is 0 Å². The SMILES string of the molecule is CC.CC(C)(C)c1ccc(-c2cccc(C3(c4cccc(-c5ccc(C(C)(C)C)nc5)n4)c4ccccc4C(C)(C)c4ccccc43)n2)cn1. The summed E-state index contributed by atoms with van der Waals surface area (Å²) in [7, 11) is 0. The van der Waals surface area contributed by atoms with E-state index >= 15 is 0 Å². The number of nitrogens with zero attached hydrogens (tertiary/aromatic N) is 4. The smallest absolute Gasteiger partial charge is 0.105 e. The van der Waals surface area contributed by atoms with Crippen LogP contribution in [0.3, 0.4) is 0 Å². The van der Waals surface area contributed by atoms with Crippen molar-refractivity contribution in [3.05, 3.63) is 167 Å². The van der Waals surface area contributed by atoms with Gasteiger partial charge in [0.25, 0.3) is 0 Å². The summed E-state index contributed by atoms with van der Waals surface area (Å²) in [6, 6.07) is 39.0. The molecule has 0 atom stereocenters. The van der Waals surface area contributed by atoms with Crippen molar-refractivity contribution in [1.29, 1.82) is 0 Å². The van der Waals surface area contributed by atoms with Crippen LogP contribution in [0.4, 0.5) is 0 Å². The first kappa shape index (κ1) is 34.9. The zero-order valence-corrected chi connectivity index (χ0v) is 31.3. The van der Waals surface area contributed by atoms with Crippen molar-refractivity contribution in [1.82, 2.24) is 19.9 Å². The fourth-order valence-electron chi connectivity index (χ4n) is 7.27. The van der Waals surface area contributed by atoms with Gasteiger partial charge in [-0.05, 0) is 70.8 Å². The lowest BCUT2D eigenvalue weighted by molar-refractivity contribution is 0.545. The Balaban J connectivity index is 0.00000212. The number of fused-ring (bicyclic) bond motifs is 2. The van der Waals surface area contributed by atoms with Crippen molar-refractivity contribution in [2.75, 3.05) is 0 Å². The molecule has 50 heavy (non-hydrogen) atoms. The fraction of sp³-hybridized carbons (Fsp3) is 0.304. The lowest BCUT2D eigenvalue weighted by atomic mass is 9.56. The lowest BCUT2D eigenvalue weighted by Crippen LogP contribution is -2.43. The minimum Gasteiger partial charge on any atom is -0.260 e. The first-order chi connectivity index (χ1) is 23.8. The minimum atomic E-state index is -0.772. The molecular formula is C46H50N4. The van der Waals surface area contributed by atoms with Gasteiger partial charge in [0.05, 0.1) is 22.8 Å². The van der Waals surface area contributed by atoms with Gasteiger partial charge >= 0.3 is 0 Å². The highest BCUT2D eigenvalue weighted by Crippen LogP contribution is 2.55. The highest BCUT2D eigenvalue weighted by molar-refractivity contribution is 5.70. The molecule has 2 aromatic carbocycles. The lowest BCUT2D eigenvalue weighted by Gasteiger charge is -2.46. The van der Waals surface area contributed by atoms with Crippen molar-refractivity contribution in [3.8, 4) is 22.5 Å². The summed E-state index contributed by atoms with van der Waals surface area (Å²) < 4.78 is 0. The van der Waals surface area contributed by atoms with Gasteiger partial charge in [-0.15, -0.1) is 0 Å². The van der Waals surface area contributed by atoms with Gasteiger partial charge in [-0.1, -0.05) is 130 Å². The molecule has 0 saturated heterocycles. The summed E-state index contributed by atoms with van der Waals surface area (Å²) in [5, 5.41) is 0. The van der Waals surface area contributed by atoms with Crippen LogP contribution in [0.15, 0.2) is 122 Å². The highest BCUT2D eigenvalue weighted by Gasteiger charge is 2.50. The van der Waals surface area contributed by atoms with E-state index in [0.29, 0.717) is 0 Å². The molecule has 6 aromatic rings. The summed E-state index contributed by atoms with van der Waals surface area (Å²) in [6.07, 6.45) is 3.91. The summed E-state index contributed by atoms with van der Waals surface area (Å²) in [4.78, 5) is 20.7. The molecule has 0 N–H and O–H groups in total. The topological polar surface area (TPSA) is 51.6 Å². The van der Waals surface area contributed by atoms with Crippen molar-refractivity contribution in [2.45, 2.75) is 90.9 Å². The number of hydrogen-bond acceptors (Lipinski definition) is 4. The van der Waals surface area contributed by atoms with Crippen LogP contribution in [-0.4, -0.2) is 19.9 Å². The van der Waals surface area contributed by atoms with E-state index in [-0.39, 0.29) is 16.2 Å². The molecule has 0 aliphatic heterocycles.